The van der Waals surface area contributed by atoms with Gasteiger partial charge in [0.15, 0.2) is 0 Å². The first-order valence-electron chi connectivity index (χ1n) is 5.52. The van der Waals surface area contributed by atoms with Gasteiger partial charge < -0.3 is 10.4 Å². The van der Waals surface area contributed by atoms with Crippen LogP contribution in [0.1, 0.15) is 24.8 Å². The van der Waals surface area contributed by atoms with E-state index in [9.17, 15) is 18.3 Å². The van der Waals surface area contributed by atoms with Crippen LogP contribution in [0.5, 0.6) is 0 Å². The van der Waals surface area contributed by atoms with Crippen LogP contribution in [0.25, 0.3) is 0 Å². The molecule has 5 heteroatoms. The van der Waals surface area contributed by atoms with E-state index in [0.717, 1.165) is 31.4 Å². The van der Waals surface area contributed by atoms with E-state index < -0.39 is 11.7 Å². The second-order valence-corrected chi connectivity index (χ2v) is 4.49. The van der Waals surface area contributed by atoms with Crippen LogP contribution in [0.15, 0.2) is 24.3 Å². The molecule has 1 saturated carbocycles. The average molecular weight is 245 g/mol. The molecule has 0 heterocycles. The standard InChI is InChI=1S/C12H14F3NO/c13-12(14,15)9-2-4-10(5-3-9)16-11(8-17)6-1-7-11/h2-5,16-17H,1,6-8H2. The van der Waals surface area contributed by atoms with Gasteiger partial charge >= 0.3 is 6.18 Å². The second kappa shape index (κ2) is 4.22. The smallest absolute Gasteiger partial charge is 0.394 e. The molecule has 1 aromatic rings. The van der Waals surface area contributed by atoms with Gasteiger partial charge in [-0.15, -0.1) is 0 Å². The quantitative estimate of drug-likeness (QED) is 0.857. The Kier molecular flexibility index (Phi) is 3.03. The van der Waals surface area contributed by atoms with Crippen molar-refractivity contribution in [2.45, 2.75) is 31.0 Å². The second-order valence-electron chi connectivity index (χ2n) is 4.49. The fourth-order valence-electron chi connectivity index (χ4n) is 1.97. The van der Waals surface area contributed by atoms with E-state index in [0.29, 0.717) is 5.69 Å². The fraction of sp³-hybridized carbons (Fsp3) is 0.500. The first kappa shape index (κ1) is 12.2. The van der Waals surface area contributed by atoms with E-state index in [1.807, 2.05) is 0 Å². The van der Waals surface area contributed by atoms with Crippen molar-refractivity contribution >= 4 is 5.69 Å². The van der Waals surface area contributed by atoms with Crippen LogP contribution in [0, 0.1) is 0 Å². The minimum Gasteiger partial charge on any atom is -0.394 e. The van der Waals surface area contributed by atoms with Gasteiger partial charge in [-0.25, -0.2) is 0 Å². The third-order valence-corrected chi connectivity index (χ3v) is 3.24. The van der Waals surface area contributed by atoms with E-state index in [1.54, 1.807) is 0 Å². The molecular formula is C12H14F3NO. The Hall–Kier alpha value is -1.23. The molecule has 1 fully saturated rings. The number of aliphatic hydroxyl groups excluding tert-OH is 1. The maximum atomic E-state index is 12.3. The minimum atomic E-state index is -4.30. The zero-order valence-electron chi connectivity index (χ0n) is 9.22. The monoisotopic (exact) mass is 245 g/mol. The molecule has 0 unspecified atom stereocenters. The zero-order chi connectivity index (χ0) is 12.5. The van der Waals surface area contributed by atoms with E-state index in [2.05, 4.69) is 5.32 Å². The molecule has 0 bridgehead atoms. The van der Waals surface area contributed by atoms with Crippen molar-refractivity contribution in [1.82, 2.24) is 0 Å². The minimum absolute atomic E-state index is 0.00796. The summed E-state index contributed by atoms with van der Waals surface area (Å²) in [5.41, 5.74) is -0.374. The first-order chi connectivity index (χ1) is 7.95. The summed E-state index contributed by atoms with van der Waals surface area (Å²) in [6.07, 6.45) is -1.56. The summed E-state index contributed by atoms with van der Waals surface area (Å²) in [4.78, 5) is 0. The molecule has 0 saturated heterocycles. The summed E-state index contributed by atoms with van der Waals surface area (Å²) in [6.45, 7) is 0.00796. The van der Waals surface area contributed by atoms with Gasteiger partial charge in [0.25, 0.3) is 0 Å². The van der Waals surface area contributed by atoms with E-state index in [-0.39, 0.29) is 12.1 Å². The van der Waals surface area contributed by atoms with E-state index in [4.69, 9.17) is 0 Å². The first-order valence-corrected chi connectivity index (χ1v) is 5.52. The summed E-state index contributed by atoms with van der Waals surface area (Å²) >= 11 is 0. The molecule has 0 aromatic heterocycles. The SMILES string of the molecule is OCC1(Nc2ccc(C(F)(F)F)cc2)CCC1. The zero-order valence-corrected chi connectivity index (χ0v) is 9.22. The van der Waals surface area contributed by atoms with Gasteiger partial charge in [-0.1, -0.05) is 0 Å². The van der Waals surface area contributed by atoms with Gasteiger partial charge in [0, 0.05) is 5.69 Å². The molecule has 17 heavy (non-hydrogen) atoms. The van der Waals surface area contributed by atoms with Gasteiger partial charge in [-0.05, 0) is 43.5 Å². The van der Waals surface area contributed by atoms with Crippen LogP contribution < -0.4 is 5.32 Å². The number of halogens is 3. The predicted octanol–water partition coefficient (Wildman–Crippen LogP) is 3.03. The van der Waals surface area contributed by atoms with Crippen molar-refractivity contribution in [2.24, 2.45) is 0 Å². The Morgan fingerprint density at radius 1 is 1.18 bits per heavy atom. The van der Waals surface area contributed by atoms with Gasteiger partial charge in [0.1, 0.15) is 0 Å². The van der Waals surface area contributed by atoms with Crippen molar-refractivity contribution in [1.29, 1.82) is 0 Å². The number of hydrogen-bond donors (Lipinski definition) is 2. The molecule has 0 amide bonds. The highest BCUT2D eigenvalue weighted by Gasteiger charge is 2.36. The molecule has 0 atom stereocenters. The third kappa shape index (κ3) is 2.54. The average Bonchev–Trinajstić information content (AvgIpc) is 2.23. The van der Waals surface area contributed by atoms with Crippen LogP contribution in [-0.2, 0) is 6.18 Å². The maximum absolute atomic E-state index is 12.3. The summed E-state index contributed by atoms with van der Waals surface area (Å²) in [5.74, 6) is 0. The summed E-state index contributed by atoms with van der Waals surface area (Å²) in [6, 6.07) is 4.90. The van der Waals surface area contributed by atoms with Crippen LogP contribution in [0.2, 0.25) is 0 Å². The molecule has 1 aliphatic carbocycles. The Morgan fingerprint density at radius 3 is 2.12 bits per heavy atom. The third-order valence-electron chi connectivity index (χ3n) is 3.24. The van der Waals surface area contributed by atoms with E-state index in [1.165, 1.54) is 12.1 Å². The summed E-state index contributed by atoms with van der Waals surface area (Å²) < 4.78 is 37.0. The molecular weight excluding hydrogens is 231 g/mol. The lowest BCUT2D eigenvalue weighted by molar-refractivity contribution is -0.137. The molecule has 0 aliphatic heterocycles. The largest absolute Gasteiger partial charge is 0.416 e. The number of hydrogen-bond acceptors (Lipinski definition) is 2. The summed E-state index contributed by atoms with van der Waals surface area (Å²) in [5, 5.41) is 12.3. The Bertz CT molecular complexity index is 376. The number of alkyl halides is 3. The number of anilines is 1. The van der Waals surface area contributed by atoms with Crippen molar-refractivity contribution < 1.29 is 18.3 Å². The lowest BCUT2D eigenvalue weighted by Gasteiger charge is -2.41. The molecule has 2 rings (SSSR count). The number of nitrogens with one attached hydrogen (secondary N) is 1. The topological polar surface area (TPSA) is 32.3 Å². The van der Waals surface area contributed by atoms with Crippen molar-refractivity contribution in [2.75, 3.05) is 11.9 Å². The maximum Gasteiger partial charge on any atom is 0.416 e. The van der Waals surface area contributed by atoms with Crippen molar-refractivity contribution in [3.63, 3.8) is 0 Å². The van der Waals surface area contributed by atoms with Gasteiger partial charge in [-0.2, -0.15) is 13.2 Å². The lowest BCUT2D eigenvalue weighted by Crippen LogP contribution is -2.48. The Morgan fingerprint density at radius 2 is 1.76 bits per heavy atom. The van der Waals surface area contributed by atoms with E-state index >= 15 is 0 Å². The molecule has 0 spiro atoms. The molecule has 2 nitrogen and oxygen atoms in total. The number of aliphatic hydroxyl groups is 1. The Balaban J connectivity index is 2.08. The van der Waals surface area contributed by atoms with Crippen LogP contribution >= 0.6 is 0 Å². The number of benzene rings is 1. The highest BCUT2D eigenvalue weighted by Crippen LogP contribution is 2.36. The van der Waals surface area contributed by atoms with Crippen LogP contribution in [0.3, 0.4) is 0 Å². The van der Waals surface area contributed by atoms with Gasteiger partial charge in [0.05, 0.1) is 17.7 Å². The van der Waals surface area contributed by atoms with Gasteiger partial charge in [-0.3, -0.25) is 0 Å². The van der Waals surface area contributed by atoms with Gasteiger partial charge in [0.2, 0.25) is 0 Å². The normalized spacial score (nSPS) is 18.6. The molecule has 2 N–H and O–H groups in total. The highest BCUT2D eigenvalue weighted by molar-refractivity contribution is 5.48. The molecule has 94 valence electrons. The molecule has 1 aliphatic rings. The predicted molar refractivity (Wildman–Crippen MR) is 58.7 cm³/mol. The number of rotatable bonds is 3. The molecule has 1 aromatic carbocycles. The van der Waals surface area contributed by atoms with Crippen LogP contribution in [0.4, 0.5) is 18.9 Å². The van der Waals surface area contributed by atoms with Crippen molar-refractivity contribution in [3.8, 4) is 0 Å². The highest BCUT2D eigenvalue weighted by atomic mass is 19.4. The van der Waals surface area contributed by atoms with Crippen LogP contribution in [-0.4, -0.2) is 17.3 Å². The Labute approximate surface area is 97.5 Å². The fourth-order valence-corrected chi connectivity index (χ4v) is 1.97. The summed E-state index contributed by atoms with van der Waals surface area (Å²) in [7, 11) is 0. The lowest BCUT2D eigenvalue weighted by atomic mass is 9.77. The van der Waals surface area contributed by atoms with Crippen molar-refractivity contribution in [3.05, 3.63) is 29.8 Å². The molecule has 0 radical (unpaired) electrons.